The molecule has 0 saturated heterocycles. The number of rotatable bonds is 6. The van der Waals surface area contributed by atoms with Gasteiger partial charge in [0.2, 0.25) is 5.91 Å². The number of aliphatic hydroxyl groups excluding tert-OH is 1. The van der Waals surface area contributed by atoms with Gasteiger partial charge in [0, 0.05) is 24.8 Å². The van der Waals surface area contributed by atoms with E-state index in [4.69, 9.17) is 0 Å². The molecule has 2 aromatic rings. The van der Waals surface area contributed by atoms with Crippen LogP contribution in [0.5, 0.6) is 0 Å². The minimum atomic E-state index is -4.81. The second-order valence-corrected chi connectivity index (χ2v) is 8.13. The lowest BCUT2D eigenvalue weighted by Gasteiger charge is -2.21. The predicted molar refractivity (Wildman–Crippen MR) is 122 cm³/mol. The Labute approximate surface area is 198 Å². The van der Waals surface area contributed by atoms with Gasteiger partial charge in [-0.3, -0.25) is 4.79 Å². The lowest BCUT2D eigenvalue weighted by atomic mass is 9.90. The maximum atomic E-state index is 13.9. The number of fused-ring (bicyclic) bond motifs is 1. The third-order valence-corrected chi connectivity index (χ3v) is 5.64. The van der Waals surface area contributed by atoms with Crippen molar-refractivity contribution in [3.05, 3.63) is 76.4 Å². The normalized spacial score (nSPS) is 15.2. The number of alkyl halides is 6. The summed E-state index contributed by atoms with van der Waals surface area (Å²) in [6.07, 6.45) is -11.0. The highest BCUT2D eigenvalue weighted by atomic mass is 19.4. The minimum Gasteiger partial charge on any atom is -0.387 e. The zero-order valence-electron chi connectivity index (χ0n) is 18.9. The summed E-state index contributed by atoms with van der Waals surface area (Å²) in [7, 11) is 0. The van der Waals surface area contributed by atoms with Crippen molar-refractivity contribution in [1.29, 1.82) is 0 Å². The van der Waals surface area contributed by atoms with Gasteiger partial charge in [-0.05, 0) is 59.9 Å². The molecular formula is C25H24F6N2O2. The molecule has 10 heteroatoms. The van der Waals surface area contributed by atoms with Gasteiger partial charge in [-0.25, -0.2) is 0 Å². The highest BCUT2D eigenvalue weighted by Crippen LogP contribution is 2.43. The fourth-order valence-corrected chi connectivity index (χ4v) is 4.07. The predicted octanol–water partition coefficient (Wildman–Crippen LogP) is 6.35. The van der Waals surface area contributed by atoms with Crippen LogP contribution in [0.15, 0.2) is 59.7 Å². The Hall–Kier alpha value is -3.27. The lowest BCUT2D eigenvalue weighted by molar-refractivity contribution is -0.138. The summed E-state index contributed by atoms with van der Waals surface area (Å²) < 4.78 is 82.9. The molecule has 0 bridgehead atoms. The average Bonchev–Trinajstić information content (AvgIpc) is 2.93. The number of benzene rings is 2. The maximum absolute atomic E-state index is 13.9. The molecule has 1 aliphatic rings. The van der Waals surface area contributed by atoms with Crippen molar-refractivity contribution in [3.63, 3.8) is 0 Å². The number of carbonyl (C=O) groups excluding carboxylic acids is 1. The molecule has 0 fully saturated rings. The van der Waals surface area contributed by atoms with E-state index in [2.05, 4.69) is 10.6 Å². The van der Waals surface area contributed by atoms with Crippen LogP contribution in [0.4, 0.5) is 37.7 Å². The summed E-state index contributed by atoms with van der Waals surface area (Å²) >= 11 is 0. The summed E-state index contributed by atoms with van der Waals surface area (Å²) in [5, 5.41) is 16.3. The first kappa shape index (κ1) is 26.3. The van der Waals surface area contributed by atoms with Crippen molar-refractivity contribution in [2.24, 2.45) is 0 Å². The molecule has 1 aliphatic carbocycles. The van der Waals surface area contributed by atoms with E-state index in [-0.39, 0.29) is 41.1 Å². The van der Waals surface area contributed by atoms with Crippen molar-refractivity contribution >= 4 is 22.9 Å². The molecule has 0 radical (unpaired) electrons. The smallest absolute Gasteiger partial charge is 0.387 e. The average molecular weight is 498 g/mol. The molecule has 0 aliphatic heterocycles. The van der Waals surface area contributed by atoms with Crippen molar-refractivity contribution < 1.29 is 36.2 Å². The quantitative estimate of drug-likeness (QED) is 0.407. The molecule has 1 unspecified atom stereocenters. The van der Waals surface area contributed by atoms with Gasteiger partial charge in [0.25, 0.3) is 0 Å². The Morgan fingerprint density at radius 3 is 2.29 bits per heavy atom. The fraction of sp³-hybridized carbons (Fsp3) is 0.320. The molecular weight excluding hydrogens is 474 g/mol. The SMILES string of the molecule is CCC1=C(C(F)(F)F)C=C(C(O)CNc2cccc(NC(C)=O)c2)c2cccc(C(F)(F)F)c2C1. The monoisotopic (exact) mass is 498 g/mol. The first-order valence-corrected chi connectivity index (χ1v) is 10.8. The van der Waals surface area contributed by atoms with Gasteiger partial charge in [0.15, 0.2) is 0 Å². The standard InChI is InChI=1S/C25H24F6N2O2/c1-3-15-10-19-18(8-5-9-21(19)24(26,27)28)20(12-22(15)25(29,30)31)23(35)13-32-16-6-4-7-17(11-16)33-14(2)34/h4-9,11-12,23,32,35H,3,10,13H2,1-2H3,(H,33,34). The Morgan fingerprint density at radius 1 is 1.03 bits per heavy atom. The Bertz CT molecular complexity index is 1170. The Kier molecular flexibility index (Phi) is 7.64. The number of amides is 1. The first-order chi connectivity index (χ1) is 16.3. The zero-order valence-corrected chi connectivity index (χ0v) is 18.9. The molecule has 1 amide bonds. The largest absolute Gasteiger partial charge is 0.416 e. The number of hydrogen-bond acceptors (Lipinski definition) is 3. The van der Waals surface area contributed by atoms with Crippen LogP contribution in [0.1, 0.15) is 37.0 Å². The zero-order chi connectivity index (χ0) is 26.0. The number of nitrogens with one attached hydrogen (secondary N) is 2. The van der Waals surface area contributed by atoms with E-state index in [1.807, 2.05) is 0 Å². The highest BCUT2D eigenvalue weighted by molar-refractivity contribution is 5.89. The van der Waals surface area contributed by atoms with Gasteiger partial charge in [0.05, 0.1) is 17.2 Å². The summed E-state index contributed by atoms with van der Waals surface area (Å²) in [6.45, 7) is 2.50. The van der Waals surface area contributed by atoms with E-state index >= 15 is 0 Å². The molecule has 4 nitrogen and oxygen atoms in total. The van der Waals surface area contributed by atoms with E-state index in [1.165, 1.54) is 19.9 Å². The van der Waals surface area contributed by atoms with E-state index in [9.17, 15) is 36.2 Å². The number of anilines is 2. The van der Waals surface area contributed by atoms with Crippen LogP contribution in [-0.4, -0.2) is 29.8 Å². The van der Waals surface area contributed by atoms with Crippen molar-refractivity contribution in [2.45, 2.75) is 45.1 Å². The first-order valence-electron chi connectivity index (χ1n) is 10.8. The maximum Gasteiger partial charge on any atom is 0.416 e. The van der Waals surface area contributed by atoms with Crippen molar-refractivity contribution in [3.8, 4) is 0 Å². The molecule has 188 valence electrons. The fourth-order valence-electron chi connectivity index (χ4n) is 4.07. The molecule has 3 N–H and O–H groups in total. The molecule has 35 heavy (non-hydrogen) atoms. The van der Waals surface area contributed by atoms with Crippen LogP contribution in [0.3, 0.4) is 0 Å². The van der Waals surface area contributed by atoms with Gasteiger partial charge in [-0.2, -0.15) is 26.3 Å². The van der Waals surface area contributed by atoms with Crippen molar-refractivity contribution in [2.75, 3.05) is 17.2 Å². The van der Waals surface area contributed by atoms with Gasteiger partial charge < -0.3 is 15.7 Å². The molecule has 0 aromatic heterocycles. The van der Waals surface area contributed by atoms with Crippen LogP contribution in [-0.2, 0) is 17.4 Å². The summed E-state index contributed by atoms with van der Waals surface area (Å²) in [5.41, 5.74) is -1.99. The van der Waals surface area contributed by atoms with Gasteiger partial charge in [0.1, 0.15) is 0 Å². The lowest BCUT2D eigenvalue weighted by Crippen LogP contribution is -2.23. The van der Waals surface area contributed by atoms with Crippen LogP contribution in [0.2, 0.25) is 0 Å². The molecule has 0 saturated carbocycles. The topological polar surface area (TPSA) is 61.4 Å². The summed E-state index contributed by atoms with van der Waals surface area (Å²) in [6, 6.07) is 9.67. The summed E-state index contributed by atoms with van der Waals surface area (Å²) in [5.74, 6) is -0.305. The second kappa shape index (κ2) is 10.2. The third-order valence-electron chi connectivity index (χ3n) is 5.64. The van der Waals surface area contributed by atoms with Crippen LogP contribution >= 0.6 is 0 Å². The number of hydrogen-bond donors (Lipinski definition) is 3. The third kappa shape index (κ3) is 6.25. The van der Waals surface area contributed by atoms with E-state index in [0.717, 1.165) is 18.2 Å². The van der Waals surface area contributed by atoms with Gasteiger partial charge in [-0.1, -0.05) is 30.7 Å². The van der Waals surface area contributed by atoms with Crippen molar-refractivity contribution in [1.82, 2.24) is 0 Å². The molecule has 0 spiro atoms. The molecule has 1 atom stereocenters. The van der Waals surface area contributed by atoms with Crippen LogP contribution in [0.25, 0.3) is 5.57 Å². The van der Waals surface area contributed by atoms with Crippen LogP contribution in [0, 0.1) is 0 Å². The number of allylic oxidation sites excluding steroid dienone is 3. The van der Waals surface area contributed by atoms with E-state index < -0.39 is 36.0 Å². The molecule has 3 rings (SSSR count). The highest BCUT2D eigenvalue weighted by Gasteiger charge is 2.40. The second-order valence-electron chi connectivity index (χ2n) is 8.13. The number of halogens is 6. The number of carbonyl (C=O) groups is 1. The van der Waals surface area contributed by atoms with Gasteiger partial charge >= 0.3 is 12.4 Å². The minimum absolute atomic E-state index is 0.0775. The summed E-state index contributed by atoms with van der Waals surface area (Å²) in [4.78, 5) is 11.3. The van der Waals surface area contributed by atoms with Gasteiger partial charge in [-0.15, -0.1) is 0 Å². The number of aliphatic hydroxyl groups is 1. The Morgan fingerprint density at radius 2 is 1.69 bits per heavy atom. The van der Waals surface area contributed by atoms with E-state index in [0.29, 0.717) is 11.4 Å². The van der Waals surface area contributed by atoms with Crippen LogP contribution < -0.4 is 10.6 Å². The van der Waals surface area contributed by atoms with E-state index in [1.54, 1.807) is 24.3 Å². The Balaban J connectivity index is 2.04. The molecule has 0 heterocycles. The molecule has 2 aromatic carbocycles.